The molecule has 3 heterocycles. The van der Waals surface area contributed by atoms with Crippen LogP contribution < -0.4 is 5.32 Å². The monoisotopic (exact) mass is 346 g/mol. The maximum Gasteiger partial charge on any atom is 0.274 e. The lowest BCUT2D eigenvalue weighted by Crippen LogP contribution is -2.45. The lowest BCUT2D eigenvalue weighted by Gasteiger charge is -2.40. The standard InChI is InChI=1S/C19H18N6O/c1-13-22-15(11-18(23-13)24-14-5-3-2-4-6-14)17-7-10-25(17)19(26)16-12-20-8-9-21-16/h2-6,8-9,11-12,17H,7,10H2,1H3,(H,22,23,24)/t17-/m1/s1. The van der Waals surface area contributed by atoms with Crippen LogP contribution in [0.4, 0.5) is 11.5 Å². The molecule has 2 aromatic heterocycles. The second-order valence-electron chi connectivity index (χ2n) is 6.11. The van der Waals surface area contributed by atoms with Crippen LogP contribution in [0.3, 0.4) is 0 Å². The number of likely N-dealkylation sites (tertiary alicyclic amines) is 1. The fourth-order valence-electron chi connectivity index (χ4n) is 2.99. The van der Waals surface area contributed by atoms with Crippen molar-refractivity contribution in [3.8, 4) is 0 Å². The van der Waals surface area contributed by atoms with Gasteiger partial charge in [-0.3, -0.25) is 9.78 Å². The Morgan fingerprint density at radius 1 is 1.19 bits per heavy atom. The molecule has 1 fully saturated rings. The Morgan fingerprint density at radius 2 is 2.04 bits per heavy atom. The molecule has 1 atom stereocenters. The molecule has 1 amide bonds. The van der Waals surface area contributed by atoms with Gasteiger partial charge in [-0.2, -0.15) is 0 Å². The molecule has 1 saturated heterocycles. The molecule has 7 nitrogen and oxygen atoms in total. The lowest BCUT2D eigenvalue weighted by atomic mass is 9.98. The van der Waals surface area contributed by atoms with Gasteiger partial charge in [-0.25, -0.2) is 15.0 Å². The van der Waals surface area contributed by atoms with Crippen LogP contribution in [-0.2, 0) is 0 Å². The molecule has 0 spiro atoms. The van der Waals surface area contributed by atoms with E-state index in [1.165, 1.54) is 12.4 Å². The Balaban J connectivity index is 1.57. The van der Waals surface area contributed by atoms with Crippen molar-refractivity contribution < 1.29 is 4.79 Å². The van der Waals surface area contributed by atoms with Crippen molar-refractivity contribution in [2.75, 3.05) is 11.9 Å². The highest BCUT2D eigenvalue weighted by Gasteiger charge is 2.35. The highest BCUT2D eigenvalue weighted by molar-refractivity contribution is 5.92. The van der Waals surface area contributed by atoms with Crippen molar-refractivity contribution in [3.05, 3.63) is 72.2 Å². The number of nitrogens with one attached hydrogen (secondary N) is 1. The second kappa shape index (κ2) is 6.87. The minimum Gasteiger partial charge on any atom is -0.340 e. The zero-order valence-corrected chi connectivity index (χ0v) is 14.3. The minimum atomic E-state index is -0.122. The van der Waals surface area contributed by atoms with Crippen LogP contribution in [0.1, 0.15) is 34.5 Å². The summed E-state index contributed by atoms with van der Waals surface area (Å²) in [6.45, 7) is 2.54. The van der Waals surface area contributed by atoms with Gasteiger partial charge in [-0.1, -0.05) is 18.2 Å². The molecule has 0 unspecified atom stereocenters. The van der Waals surface area contributed by atoms with E-state index in [9.17, 15) is 4.79 Å². The Bertz CT molecular complexity index is 916. The topological polar surface area (TPSA) is 83.9 Å². The third kappa shape index (κ3) is 3.23. The Hall–Kier alpha value is -3.35. The van der Waals surface area contributed by atoms with Gasteiger partial charge in [-0.15, -0.1) is 0 Å². The number of benzene rings is 1. The van der Waals surface area contributed by atoms with Crippen LogP contribution >= 0.6 is 0 Å². The normalized spacial score (nSPS) is 16.0. The number of carbonyl (C=O) groups excluding carboxylic acids is 1. The quantitative estimate of drug-likeness (QED) is 0.782. The van der Waals surface area contributed by atoms with Gasteiger partial charge in [0.1, 0.15) is 17.3 Å². The number of carbonyl (C=O) groups is 1. The van der Waals surface area contributed by atoms with Gasteiger partial charge in [0.25, 0.3) is 5.91 Å². The zero-order chi connectivity index (χ0) is 17.9. The molecule has 26 heavy (non-hydrogen) atoms. The predicted octanol–water partition coefficient (Wildman–Crippen LogP) is 2.91. The smallest absolute Gasteiger partial charge is 0.274 e. The number of rotatable bonds is 4. The summed E-state index contributed by atoms with van der Waals surface area (Å²) < 4.78 is 0. The molecule has 0 aliphatic carbocycles. The van der Waals surface area contributed by atoms with E-state index in [4.69, 9.17) is 0 Å². The molecular weight excluding hydrogens is 328 g/mol. The van der Waals surface area contributed by atoms with E-state index in [0.717, 1.165) is 23.6 Å². The molecule has 7 heteroatoms. The van der Waals surface area contributed by atoms with E-state index in [2.05, 4.69) is 25.3 Å². The number of aryl methyl sites for hydroxylation is 1. The van der Waals surface area contributed by atoms with Crippen LogP contribution in [0.25, 0.3) is 0 Å². The number of anilines is 2. The van der Waals surface area contributed by atoms with E-state index >= 15 is 0 Å². The lowest BCUT2D eigenvalue weighted by molar-refractivity contribution is 0.0443. The third-order valence-electron chi connectivity index (χ3n) is 4.31. The van der Waals surface area contributed by atoms with Crippen molar-refractivity contribution in [2.45, 2.75) is 19.4 Å². The van der Waals surface area contributed by atoms with E-state index in [-0.39, 0.29) is 11.9 Å². The summed E-state index contributed by atoms with van der Waals surface area (Å²) in [4.78, 5) is 31.5. The van der Waals surface area contributed by atoms with E-state index in [0.29, 0.717) is 18.1 Å². The molecule has 0 bridgehead atoms. The highest BCUT2D eigenvalue weighted by atomic mass is 16.2. The number of aromatic nitrogens is 4. The Kier molecular flexibility index (Phi) is 4.27. The van der Waals surface area contributed by atoms with E-state index in [1.54, 1.807) is 11.1 Å². The average molecular weight is 346 g/mol. The molecule has 4 rings (SSSR count). The summed E-state index contributed by atoms with van der Waals surface area (Å²) in [5.41, 5.74) is 2.14. The predicted molar refractivity (Wildman–Crippen MR) is 96.9 cm³/mol. The van der Waals surface area contributed by atoms with Gasteiger partial charge >= 0.3 is 0 Å². The van der Waals surface area contributed by atoms with Gasteiger partial charge < -0.3 is 10.2 Å². The minimum absolute atomic E-state index is 0.0671. The Morgan fingerprint density at radius 3 is 2.73 bits per heavy atom. The van der Waals surface area contributed by atoms with Crippen molar-refractivity contribution in [1.82, 2.24) is 24.8 Å². The first-order valence-corrected chi connectivity index (χ1v) is 8.45. The largest absolute Gasteiger partial charge is 0.340 e. The van der Waals surface area contributed by atoms with Crippen molar-refractivity contribution in [2.24, 2.45) is 0 Å². The Labute approximate surface area is 151 Å². The first-order valence-electron chi connectivity index (χ1n) is 8.45. The molecule has 130 valence electrons. The zero-order valence-electron chi connectivity index (χ0n) is 14.3. The summed E-state index contributed by atoms with van der Waals surface area (Å²) in [5.74, 6) is 1.26. The van der Waals surface area contributed by atoms with Crippen LogP contribution in [0, 0.1) is 6.92 Å². The van der Waals surface area contributed by atoms with Gasteiger partial charge in [0.05, 0.1) is 17.9 Å². The first kappa shape index (κ1) is 16.1. The number of nitrogens with zero attached hydrogens (tertiary/aromatic N) is 5. The summed E-state index contributed by atoms with van der Waals surface area (Å²) in [7, 11) is 0. The summed E-state index contributed by atoms with van der Waals surface area (Å²) in [6.07, 6.45) is 5.44. The van der Waals surface area contributed by atoms with Crippen molar-refractivity contribution in [3.63, 3.8) is 0 Å². The van der Waals surface area contributed by atoms with Crippen molar-refractivity contribution in [1.29, 1.82) is 0 Å². The number of amides is 1. The first-order chi connectivity index (χ1) is 12.7. The maximum atomic E-state index is 12.6. The van der Waals surface area contributed by atoms with Gasteiger partial charge in [0.15, 0.2) is 0 Å². The molecule has 1 N–H and O–H groups in total. The number of para-hydroxylation sites is 1. The summed E-state index contributed by atoms with van der Waals surface area (Å²) >= 11 is 0. The molecule has 1 aromatic carbocycles. The summed E-state index contributed by atoms with van der Waals surface area (Å²) in [5, 5.41) is 3.29. The maximum absolute atomic E-state index is 12.6. The number of hydrogen-bond donors (Lipinski definition) is 1. The molecule has 1 aliphatic heterocycles. The summed E-state index contributed by atoms with van der Waals surface area (Å²) in [6, 6.07) is 11.7. The van der Waals surface area contributed by atoms with E-state index in [1.807, 2.05) is 43.3 Å². The fraction of sp³-hybridized carbons (Fsp3) is 0.211. The molecule has 0 radical (unpaired) electrons. The van der Waals surface area contributed by atoms with Gasteiger partial charge in [0.2, 0.25) is 0 Å². The van der Waals surface area contributed by atoms with Crippen LogP contribution in [0.15, 0.2) is 55.0 Å². The van der Waals surface area contributed by atoms with Crippen LogP contribution in [0.2, 0.25) is 0 Å². The molecule has 1 aliphatic rings. The fourth-order valence-corrected chi connectivity index (χ4v) is 2.99. The SMILES string of the molecule is Cc1nc(Nc2ccccc2)cc([C@H]2CCN2C(=O)c2cnccn2)n1. The molecule has 0 saturated carbocycles. The number of hydrogen-bond acceptors (Lipinski definition) is 6. The van der Waals surface area contributed by atoms with E-state index < -0.39 is 0 Å². The highest BCUT2D eigenvalue weighted by Crippen LogP contribution is 2.34. The molecular formula is C19H18N6O. The average Bonchev–Trinajstić information content (AvgIpc) is 2.62. The third-order valence-corrected chi connectivity index (χ3v) is 4.31. The van der Waals surface area contributed by atoms with Gasteiger partial charge in [-0.05, 0) is 25.5 Å². The second-order valence-corrected chi connectivity index (χ2v) is 6.11. The molecule has 3 aromatic rings. The van der Waals surface area contributed by atoms with Crippen LogP contribution in [0.5, 0.6) is 0 Å². The van der Waals surface area contributed by atoms with Crippen molar-refractivity contribution >= 4 is 17.4 Å². The van der Waals surface area contributed by atoms with Gasteiger partial charge in [0, 0.05) is 30.7 Å². The van der Waals surface area contributed by atoms with Crippen LogP contribution in [-0.4, -0.2) is 37.3 Å².